The standard InChI is InChI=1S/C16H29NO2/c1-3-19-16(18)14-7-9-15(10-8-14)17(2)12-11-13-5-4-6-13/h13-15H,3-12H2,1-2H3. The van der Waals surface area contributed by atoms with Gasteiger partial charge in [0.25, 0.3) is 0 Å². The van der Waals surface area contributed by atoms with Crippen LogP contribution in [0.5, 0.6) is 0 Å². The first-order valence-electron chi connectivity index (χ1n) is 8.07. The van der Waals surface area contributed by atoms with Gasteiger partial charge in [0.1, 0.15) is 0 Å². The van der Waals surface area contributed by atoms with Gasteiger partial charge in [-0.05, 0) is 58.5 Å². The van der Waals surface area contributed by atoms with Crippen LogP contribution >= 0.6 is 0 Å². The molecule has 110 valence electrons. The molecule has 0 aromatic rings. The summed E-state index contributed by atoms with van der Waals surface area (Å²) in [6, 6.07) is 0.686. The van der Waals surface area contributed by atoms with Crippen molar-refractivity contribution in [1.82, 2.24) is 4.90 Å². The lowest BCUT2D eigenvalue weighted by Gasteiger charge is -2.35. The molecule has 2 aliphatic rings. The zero-order valence-corrected chi connectivity index (χ0v) is 12.6. The van der Waals surface area contributed by atoms with E-state index in [2.05, 4.69) is 11.9 Å². The monoisotopic (exact) mass is 267 g/mol. The molecule has 3 heteroatoms. The average Bonchev–Trinajstić information content (AvgIpc) is 2.37. The number of hydrogen-bond donors (Lipinski definition) is 0. The third kappa shape index (κ3) is 4.20. The van der Waals surface area contributed by atoms with Crippen LogP contribution in [0, 0.1) is 11.8 Å². The summed E-state index contributed by atoms with van der Waals surface area (Å²) in [4.78, 5) is 14.2. The van der Waals surface area contributed by atoms with Gasteiger partial charge in [0, 0.05) is 6.04 Å². The van der Waals surface area contributed by atoms with E-state index in [0.29, 0.717) is 12.6 Å². The molecule has 19 heavy (non-hydrogen) atoms. The highest BCUT2D eigenvalue weighted by Gasteiger charge is 2.29. The van der Waals surface area contributed by atoms with Crippen molar-refractivity contribution >= 4 is 5.97 Å². The van der Waals surface area contributed by atoms with Gasteiger partial charge in [-0.25, -0.2) is 0 Å². The van der Waals surface area contributed by atoms with Crippen molar-refractivity contribution in [3.8, 4) is 0 Å². The van der Waals surface area contributed by atoms with Crippen molar-refractivity contribution in [1.29, 1.82) is 0 Å². The SMILES string of the molecule is CCOC(=O)C1CCC(N(C)CCC2CCC2)CC1. The Morgan fingerprint density at radius 3 is 2.37 bits per heavy atom. The maximum Gasteiger partial charge on any atom is 0.308 e. The Morgan fingerprint density at radius 2 is 1.84 bits per heavy atom. The molecule has 2 fully saturated rings. The maximum atomic E-state index is 11.7. The second kappa shape index (κ2) is 7.28. The topological polar surface area (TPSA) is 29.5 Å². The Morgan fingerprint density at radius 1 is 1.16 bits per heavy atom. The maximum absolute atomic E-state index is 11.7. The summed E-state index contributed by atoms with van der Waals surface area (Å²) in [6.07, 6.45) is 10.0. The highest BCUT2D eigenvalue weighted by molar-refractivity contribution is 5.72. The van der Waals surface area contributed by atoms with Gasteiger partial charge >= 0.3 is 5.97 Å². The molecule has 0 heterocycles. The van der Waals surface area contributed by atoms with Crippen molar-refractivity contribution in [2.45, 2.75) is 64.3 Å². The summed E-state index contributed by atoms with van der Waals surface area (Å²) in [7, 11) is 2.26. The molecule has 0 unspecified atom stereocenters. The summed E-state index contributed by atoms with van der Waals surface area (Å²) < 4.78 is 5.13. The molecule has 0 aliphatic heterocycles. The van der Waals surface area contributed by atoms with E-state index < -0.39 is 0 Å². The molecule has 2 aliphatic carbocycles. The van der Waals surface area contributed by atoms with Crippen LogP contribution in [0.1, 0.15) is 58.3 Å². The number of ether oxygens (including phenoxy) is 1. The first-order chi connectivity index (χ1) is 9.20. The van der Waals surface area contributed by atoms with Crippen molar-refractivity contribution in [2.24, 2.45) is 11.8 Å². The minimum atomic E-state index is 0.0260. The van der Waals surface area contributed by atoms with Crippen LogP contribution in [0.25, 0.3) is 0 Å². The first-order valence-corrected chi connectivity index (χ1v) is 8.07. The van der Waals surface area contributed by atoms with E-state index >= 15 is 0 Å². The molecular formula is C16H29NO2. The second-order valence-electron chi connectivity index (χ2n) is 6.32. The van der Waals surface area contributed by atoms with E-state index in [4.69, 9.17) is 4.74 Å². The van der Waals surface area contributed by atoms with Gasteiger partial charge in [-0.1, -0.05) is 19.3 Å². The zero-order chi connectivity index (χ0) is 13.7. The molecule has 3 nitrogen and oxygen atoms in total. The van der Waals surface area contributed by atoms with Crippen LogP contribution in [-0.4, -0.2) is 37.1 Å². The van der Waals surface area contributed by atoms with Crippen LogP contribution in [0.3, 0.4) is 0 Å². The highest BCUT2D eigenvalue weighted by atomic mass is 16.5. The lowest BCUT2D eigenvalue weighted by atomic mass is 9.82. The molecule has 0 saturated heterocycles. The minimum Gasteiger partial charge on any atom is -0.466 e. The summed E-state index contributed by atoms with van der Waals surface area (Å²) in [5.74, 6) is 1.19. The Bertz CT molecular complexity index is 280. The van der Waals surface area contributed by atoms with Gasteiger partial charge in [-0.2, -0.15) is 0 Å². The lowest BCUT2D eigenvalue weighted by Crippen LogP contribution is -2.38. The quantitative estimate of drug-likeness (QED) is 0.692. The molecule has 2 saturated carbocycles. The summed E-state index contributed by atoms with van der Waals surface area (Å²) in [5.41, 5.74) is 0. The molecule has 0 aromatic carbocycles. The van der Waals surface area contributed by atoms with Crippen molar-refractivity contribution in [2.75, 3.05) is 20.2 Å². The van der Waals surface area contributed by atoms with Gasteiger partial charge in [0.2, 0.25) is 0 Å². The largest absolute Gasteiger partial charge is 0.466 e. The summed E-state index contributed by atoms with van der Waals surface area (Å²) >= 11 is 0. The van der Waals surface area contributed by atoms with Crippen molar-refractivity contribution < 1.29 is 9.53 Å². The molecule has 0 N–H and O–H groups in total. The van der Waals surface area contributed by atoms with E-state index in [1.165, 1.54) is 32.2 Å². The number of esters is 1. The smallest absolute Gasteiger partial charge is 0.308 e. The molecule has 0 bridgehead atoms. The van der Waals surface area contributed by atoms with Crippen LogP contribution in [-0.2, 0) is 9.53 Å². The predicted octanol–water partition coefficient (Wildman–Crippen LogP) is 3.23. The van der Waals surface area contributed by atoms with E-state index in [-0.39, 0.29) is 11.9 Å². The molecule has 0 atom stereocenters. The van der Waals surface area contributed by atoms with Gasteiger partial charge in [0.15, 0.2) is 0 Å². The summed E-state index contributed by atoms with van der Waals surface area (Å²) in [5, 5.41) is 0. The number of rotatable bonds is 6. The number of carbonyl (C=O) groups excluding carboxylic acids is 1. The fourth-order valence-corrected chi connectivity index (χ4v) is 3.36. The number of carbonyl (C=O) groups is 1. The highest BCUT2D eigenvalue weighted by Crippen LogP contribution is 2.31. The third-order valence-electron chi connectivity index (χ3n) is 5.05. The molecule has 0 amide bonds. The van der Waals surface area contributed by atoms with Crippen molar-refractivity contribution in [3.63, 3.8) is 0 Å². The fraction of sp³-hybridized carbons (Fsp3) is 0.938. The Kier molecular flexibility index (Phi) is 5.68. The average molecular weight is 267 g/mol. The Balaban J connectivity index is 1.65. The van der Waals surface area contributed by atoms with Gasteiger partial charge in [-0.3, -0.25) is 4.79 Å². The lowest BCUT2D eigenvalue weighted by molar-refractivity contribution is -0.149. The second-order valence-corrected chi connectivity index (χ2v) is 6.32. The van der Waals surface area contributed by atoms with E-state index in [1.54, 1.807) is 0 Å². The van der Waals surface area contributed by atoms with Crippen LogP contribution in [0.15, 0.2) is 0 Å². The molecule has 2 rings (SSSR count). The minimum absolute atomic E-state index is 0.0260. The number of hydrogen-bond acceptors (Lipinski definition) is 3. The van der Waals surface area contributed by atoms with Crippen LogP contribution in [0.2, 0.25) is 0 Å². The van der Waals surface area contributed by atoms with E-state index in [1.807, 2.05) is 6.92 Å². The fourth-order valence-electron chi connectivity index (χ4n) is 3.36. The van der Waals surface area contributed by atoms with Gasteiger partial charge < -0.3 is 9.64 Å². The molecular weight excluding hydrogens is 238 g/mol. The predicted molar refractivity (Wildman–Crippen MR) is 77.0 cm³/mol. The third-order valence-corrected chi connectivity index (χ3v) is 5.05. The molecule has 0 aromatic heterocycles. The normalized spacial score (nSPS) is 28.2. The van der Waals surface area contributed by atoms with E-state index in [0.717, 1.165) is 31.6 Å². The summed E-state index contributed by atoms with van der Waals surface area (Å²) in [6.45, 7) is 3.64. The number of nitrogens with zero attached hydrogens (tertiary/aromatic N) is 1. The van der Waals surface area contributed by atoms with Gasteiger partial charge in [-0.15, -0.1) is 0 Å². The Labute approximate surface area is 117 Å². The Hall–Kier alpha value is -0.570. The van der Waals surface area contributed by atoms with Crippen LogP contribution in [0.4, 0.5) is 0 Å². The van der Waals surface area contributed by atoms with Gasteiger partial charge in [0.05, 0.1) is 12.5 Å². The zero-order valence-electron chi connectivity index (χ0n) is 12.6. The molecule has 0 spiro atoms. The van der Waals surface area contributed by atoms with Crippen molar-refractivity contribution in [3.05, 3.63) is 0 Å². The first kappa shape index (κ1) is 14.8. The van der Waals surface area contributed by atoms with Crippen LogP contribution < -0.4 is 0 Å². The van der Waals surface area contributed by atoms with E-state index in [9.17, 15) is 4.79 Å². The molecule has 0 radical (unpaired) electrons.